The zero-order chi connectivity index (χ0) is 15.1. The number of likely N-dealkylation sites (N-methyl/N-ethyl adjacent to an activating group) is 1. The molecule has 0 aromatic heterocycles. The van der Waals surface area contributed by atoms with E-state index in [0.717, 1.165) is 25.1 Å². The molecule has 1 aliphatic rings. The van der Waals surface area contributed by atoms with Crippen LogP contribution in [0.25, 0.3) is 0 Å². The van der Waals surface area contributed by atoms with E-state index in [4.69, 9.17) is 4.74 Å². The van der Waals surface area contributed by atoms with Crippen LogP contribution in [0.2, 0.25) is 0 Å². The van der Waals surface area contributed by atoms with E-state index in [9.17, 15) is 4.79 Å². The molecule has 1 aromatic carbocycles. The molecule has 0 spiro atoms. The zero-order valence-electron chi connectivity index (χ0n) is 13.2. The van der Waals surface area contributed by atoms with E-state index in [1.165, 1.54) is 29.7 Å². The van der Waals surface area contributed by atoms with Gasteiger partial charge in [0.1, 0.15) is 12.3 Å². The largest absolute Gasteiger partial charge is 0.497 e. The van der Waals surface area contributed by atoms with Gasteiger partial charge in [-0.25, -0.2) is 0 Å². The number of amides is 1. The van der Waals surface area contributed by atoms with Gasteiger partial charge in [-0.2, -0.15) is 0 Å². The fraction of sp³-hybridized carbons (Fsp3) is 0.588. The first-order valence-electron chi connectivity index (χ1n) is 7.91. The van der Waals surface area contributed by atoms with Gasteiger partial charge in [0, 0.05) is 11.6 Å². The van der Waals surface area contributed by atoms with E-state index in [1.807, 2.05) is 12.1 Å². The summed E-state index contributed by atoms with van der Waals surface area (Å²) in [7, 11) is 3.73. The molecule has 0 aliphatic heterocycles. The van der Waals surface area contributed by atoms with Gasteiger partial charge in [0.2, 0.25) is 0 Å². The minimum atomic E-state index is 0.174. The molecule has 1 fully saturated rings. The van der Waals surface area contributed by atoms with Crippen molar-refractivity contribution in [3.63, 3.8) is 0 Å². The Morgan fingerprint density at radius 3 is 2.52 bits per heavy atom. The van der Waals surface area contributed by atoms with E-state index in [2.05, 4.69) is 24.5 Å². The van der Waals surface area contributed by atoms with Gasteiger partial charge >= 0.3 is 0 Å². The molecule has 0 radical (unpaired) electrons. The average molecular weight is 291 g/mol. The average Bonchev–Trinajstić information content (AvgIpc) is 2.48. The highest BCUT2D eigenvalue weighted by molar-refractivity contribution is 5.77. The fourth-order valence-electron chi connectivity index (χ4n) is 2.95. The number of ether oxygens (including phenoxy) is 1. The summed E-state index contributed by atoms with van der Waals surface area (Å²) in [5.41, 5.74) is 1.22. The van der Waals surface area contributed by atoms with Crippen LogP contribution >= 0.6 is 0 Å². The smallest absolute Gasteiger partial charge is 0.275 e. The van der Waals surface area contributed by atoms with E-state index in [1.54, 1.807) is 7.11 Å². The first-order valence-corrected chi connectivity index (χ1v) is 7.91. The van der Waals surface area contributed by atoms with Gasteiger partial charge in [-0.1, -0.05) is 19.3 Å². The molecule has 1 aliphatic carbocycles. The number of carbonyl (C=O) groups is 1. The van der Waals surface area contributed by atoms with Crippen LogP contribution in [0, 0.1) is 0 Å². The molecule has 4 nitrogen and oxygen atoms in total. The van der Waals surface area contributed by atoms with Gasteiger partial charge in [-0.15, -0.1) is 0 Å². The van der Waals surface area contributed by atoms with Crippen molar-refractivity contribution in [3.05, 3.63) is 29.8 Å². The molecule has 1 amide bonds. The van der Waals surface area contributed by atoms with Crippen molar-refractivity contribution in [2.75, 3.05) is 20.7 Å². The standard InChI is InChI=1S/C17H26N2O2/c1-19(12-14-8-10-16(21-2)11-9-14)13-17(20)18-15-6-4-3-5-7-15/h8-11,15H,3-7,12-13H2,1-2H3,(H,18,20)/p+1. The van der Waals surface area contributed by atoms with E-state index in [-0.39, 0.29) is 5.91 Å². The minimum absolute atomic E-state index is 0.174. The second-order valence-electron chi connectivity index (χ2n) is 6.06. The summed E-state index contributed by atoms with van der Waals surface area (Å²) in [6.45, 7) is 1.38. The molecule has 1 aromatic rings. The Hall–Kier alpha value is -1.55. The predicted octanol–water partition coefficient (Wildman–Crippen LogP) is 1.16. The SMILES string of the molecule is COc1ccc(C[NH+](C)CC(=O)NC2CCCCC2)cc1. The third-order valence-corrected chi connectivity index (χ3v) is 4.10. The van der Waals surface area contributed by atoms with E-state index in [0.29, 0.717) is 12.6 Å². The number of hydrogen-bond donors (Lipinski definition) is 2. The van der Waals surface area contributed by atoms with Crippen molar-refractivity contribution in [3.8, 4) is 5.75 Å². The van der Waals surface area contributed by atoms with Crippen LogP contribution < -0.4 is 15.0 Å². The van der Waals surface area contributed by atoms with Crippen LogP contribution in [0.15, 0.2) is 24.3 Å². The molecular weight excluding hydrogens is 264 g/mol. The molecule has 4 heteroatoms. The Labute approximate surface area is 127 Å². The summed E-state index contributed by atoms with van der Waals surface area (Å²) >= 11 is 0. The lowest BCUT2D eigenvalue weighted by Gasteiger charge is -2.23. The number of methoxy groups -OCH3 is 1. The minimum Gasteiger partial charge on any atom is -0.497 e. The number of carbonyl (C=O) groups excluding carboxylic acids is 1. The van der Waals surface area contributed by atoms with Gasteiger partial charge in [0.15, 0.2) is 6.54 Å². The predicted molar refractivity (Wildman–Crippen MR) is 83.5 cm³/mol. The monoisotopic (exact) mass is 291 g/mol. The normalized spacial score (nSPS) is 17.2. The Bertz CT molecular complexity index is 439. The lowest BCUT2D eigenvalue weighted by molar-refractivity contribution is -0.885. The van der Waals surface area contributed by atoms with Crippen LogP contribution in [0.4, 0.5) is 0 Å². The number of nitrogens with one attached hydrogen (secondary N) is 2. The summed E-state index contributed by atoms with van der Waals surface area (Å²) in [6, 6.07) is 8.44. The van der Waals surface area contributed by atoms with Crippen LogP contribution in [0.3, 0.4) is 0 Å². The first kappa shape index (κ1) is 15.8. The molecule has 116 valence electrons. The van der Waals surface area contributed by atoms with Crippen LogP contribution in [0.5, 0.6) is 5.75 Å². The lowest BCUT2D eigenvalue weighted by atomic mass is 9.95. The number of rotatable bonds is 6. The highest BCUT2D eigenvalue weighted by atomic mass is 16.5. The second kappa shape index (κ2) is 8.03. The second-order valence-corrected chi connectivity index (χ2v) is 6.06. The molecule has 1 atom stereocenters. The van der Waals surface area contributed by atoms with Crippen molar-refractivity contribution in [2.45, 2.75) is 44.7 Å². The maximum Gasteiger partial charge on any atom is 0.275 e. The number of quaternary nitrogens is 1. The van der Waals surface area contributed by atoms with Gasteiger partial charge in [-0.05, 0) is 37.1 Å². The number of hydrogen-bond acceptors (Lipinski definition) is 2. The van der Waals surface area contributed by atoms with Crippen molar-refractivity contribution in [1.29, 1.82) is 0 Å². The Morgan fingerprint density at radius 2 is 1.90 bits per heavy atom. The maximum atomic E-state index is 12.1. The summed E-state index contributed by atoms with van der Waals surface area (Å²) in [5, 5.41) is 3.17. The lowest BCUT2D eigenvalue weighted by Crippen LogP contribution is -3.09. The highest BCUT2D eigenvalue weighted by Gasteiger charge is 2.17. The van der Waals surface area contributed by atoms with Crippen LogP contribution in [0.1, 0.15) is 37.7 Å². The summed E-state index contributed by atoms with van der Waals surface area (Å²) in [4.78, 5) is 13.3. The Kier molecular flexibility index (Phi) is 6.05. The third-order valence-electron chi connectivity index (χ3n) is 4.10. The van der Waals surface area contributed by atoms with Gasteiger partial charge in [0.25, 0.3) is 5.91 Å². The fourth-order valence-corrected chi connectivity index (χ4v) is 2.95. The van der Waals surface area contributed by atoms with Crippen molar-refractivity contribution in [1.82, 2.24) is 5.32 Å². The molecule has 1 saturated carbocycles. The summed E-state index contributed by atoms with van der Waals surface area (Å²) in [6.07, 6.45) is 6.10. The zero-order valence-corrected chi connectivity index (χ0v) is 13.2. The Morgan fingerprint density at radius 1 is 1.24 bits per heavy atom. The molecule has 2 rings (SSSR count). The third kappa shape index (κ3) is 5.38. The van der Waals surface area contributed by atoms with Crippen molar-refractivity contribution in [2.24, 2.45) is 0 Å². The summed E-state index contributed by atoms with van der Waals surface area (Å²) in [5.74, 6) is 1.04. The molecule has 21 heavy (non-hydrogen) atoms. The molecule has 0 saturated heterocycles. The maximum absolute atomic E-state index is 12.1. The van der Waals surface area contributed by atoms with E-state index >= 15 is 0 Å². The number of benzene rings is 1. The van der Waals surface area contributed by atoms with Crippen LogP contribution in [-0.4, -0.2) is 32.7 Å². The molecular formula is C17H27N2O2+. The van der Waals surface area contributed by atoms with Gasteiger partial charge < -0.3 is 15.0 Å². The molecule has 2 N–H and O–H groups in total. The Balaban J connectivity index is 1.74. The molecule has 1 unspecified atom stereocenters. The van der Waals surface area contributed by atoms with E-state index < -0.39 is 0 Å². The van der Waals surface area contributed by atoms with Crippen molar-refractivity contribution >= 4 is 5.91 Å². The van der Waals surface area contributed by atoms with Gasteiger partial charge in [0.05, 0.1) is 14.2 Å². The molecule has 0 bridgehead atoms. The molecule has 0 heterocycles. The van der Waals surface area contributed by atoms with Crippen LogP contribution in [-0.2, 0) is 11.3 Å². The van der Waals surface area contributed by atoms with Gasteiger partial charge in [-0.3, -0.25) is 4.79 Å². The summed E-state index contributed by atoms with van der Waals surface area (Å²) < 4.78 is 5.15. The van der Waals surface area contributed by atoms with Crippen molar-refractivity contribution < 1.29 is 14.4 Å². The highest BCUT2D eigenvalue weighted by Crippen LogP contribution is 2.17. The topological polar surface area (TPSA) is 42.8 Å². The first-order chi connectivity index (χ1) is 10.2. The quantitative estimate of drug-likeness (QED) is 0.826.